The Balaban J connectivity index is 1.81. The monoisotopic (exact) mass is 206 g/mol. The standard InChI is InChI=1S/C10H14N4O/c11-8-2-1-7(5-8)10(15)14-6-9-12-3-4-13-9/h1-4,7-8H,5-6,11H2,(H,12,13)(H,14,15). The molecule has 0 saturated carbocycles. The van der Waals surface area contributed by atoms with Crippen molar-refractivity contribution in [3.05, 3.63) is 30.4 Å². The molecular weight excluding hydrogens is 192 g/mol. The Labute approximate surface area is 87.8 Å². The number of amides is 1. The lowest BCUT2D eigenvalue weighted by atomic mass is 10.1. The number of imidazole rings is 1. The number of nitrogens with one attached hydrogen (secondary N) is 2. The molecule has 1 aromatic heterocycles. The van der Waals surface area contributed by atoms with Crippen LogP contribution in [0.25, 0.3) is 0 Å². The van der Waals surface area contributed by atoms with Crippen molar-refractivity contribution in [2.45, 2.75) is 19.0 Å². The van der Waals surface area contributed by atoms with Gasteiger partial charge in [-0.05, 0) is 6.42 Å². The molecule has 1 aliphatic rings. The van der Waals surface area contributed by atoms with Crippen molar-refractivity contribution in [2.75, 3.05) is 0 Å². The first-order chi connectivity index (χ1) is 7.25. The Morgan fingerprint density at radius 1 is 1.67 bits per heavy atom. The number of carbonyl (C=O) groups is 1. The van der Waals surface area contributed by atoms with Gasteiger partial charge in [0.15, 0.2) is 0 Å². The van der Waals surface area contributed by atoms with Crippen LogP contribution in [0.15, 0.2) is 24.5 Å². The minimum atomic E-state index is -0.0880. The van der Waals surface area contributed by atoms with Crippen LogP contribution in [0.1, 0.15) is 12.2 Å². The van der Waals surface area contributed by atoms with E-state index >= 15 is 0 Å². The van der Waals surface area contributed by atoms with E-state index in [0.717, 1.165) is 5.82 Å². The Kier molecular flexibility index (Phi) is 2.82. The maximum Gasteiger partial charge on any atom is 0.227 e. The van der Waals surface area contributed by atoms with Gasteiger partial charge in [-0.2, -0.15) is 0 Å². The molecule has 2 atom stereocenters. The van der Waals surface area contributed by atoms with Crippen LogP contribution >= 0.6 is 0 Å². The normalized spacial score (nSPS) is 24.3. The minimum absolute atomic E-state index is 0.00981. The first-order valence-corrected chi connectivity index (χ1v) is 4.95. The predicted molar refractivity (Wildman–Crippen MR) is 55.7 cm³/mol. The molecule has 1 aromatic rings. The average molecular weight is 206 g/mol. The van der Waals surface area contributed by atoms with Gasteiger partial charge in [0.2, 0.25) is 5.91 Å². The van der Waals surface area contributed by atoms with Gasteiger partial charge in [-0.3, -0.25) is 4.79 Å². The maximum absolute atomic E-state index is 11.6. The lowest BCUT2D eigenvalue weighted by Gasteiger charge is -2.09. The summed E-state index contributed by atoms with van der Waals surface area (Å²) in [6.45, 7) is 0.436. The first-order valence-electron chi connectivity index (χ1n) is 4.95. The number of rotatable bonds is 3. The number of hydrogen-bond acceptors (Lipinski definition) is 3. The Morgan fingerprint density at radius 3 is 3.13 bits per heavy atom. The highest BCUT2D eigenvalue weighted by Gasteiger charge is 2.22. The van der Waals surface area contributed by atoms with Crippen LogP contribution in [0.4, 0.5) is 0 Å². The van der Waals surface area contributed by atoms with Gasteiger partial charge in [-0.1, -0.05) is 12.2 Å². The van der Waals surface area contributed by atoms with Crippen LogP contribution in [0.3, 0.4) is 0 Å². The smallest absolute Gasteiger partial charge is 0.227 e. The molecule has 15 heavy (non-hydrogen) atoms. The van der Waals surface area contributed by atoms with E-state index in [1.54, 1.807) is 12.4 Å². The number of aromatic amines is 1. The third kappa shape index (κ3) is 2.44. The molecule has 5 heteroatoms. The highest BCUT2D eigenvalue weighted by molar-refractivity contribution is 5.80. The van der Waals surface area contributed by atoms with Crippen molar-refractivity contribution < 1.29 is 4.79 Å². The third-order valence-corrected chi connectivity index (χ3v) is 2.44. The zero-order chi connectivity index (χ0) is 10.7. The highest BCUT2D eigenvalue weighted by atomic mass is 16.1. The van der Waals surface area contributed by atoms with Gasteiger partial charge in [0.05, 0.1) is 12.5 Å². The SMILES string of the molecule is NC1C=CC(C(=O)NCc2ncc[nH]2)C1. The molecule has 1 amide bonds. The van der Waals surface area contributed by atoms with Crippen molar-refractivity contribution in [3.63, 3.8) is 0 Å². The molecule has 0 spiro atoms. The van der Waals surface area contributed by atoms with E-state index in [0.29, 0.717) is 13.0 Å². The van der Waals surface area contributed by atoms with Crippen LogP contribution < -0.4 is 11.1 Å². The summed E-state index contributed by atoms with van der Waals surface area (Å²) >= 11 is 0. The van der Waals surface area contributed by atoms with E-state index in [4.69, 9.17) is 5.73 Å². The quantitative estimate of drug-likeness (QED) is 0.605. The molecule has 80 valence electrons. The number of carbonyl (C=O) groups excluding carboxylic acids is 1. The average Bonchev–Trinajstić information content (AvgIpc) is 2.84. The van der Waals surface area contributed by atoms with Crippen LogP contribution in [0, 0.1) is 5.92 Å². The number of aromatic nitrogens is 2. The fourth-order valence-corrected chi connectivity index (χ4v) is 1.62. The van der Waals surface area contributed by atoms with E-state index in [-0.39, 0.29) is 17.9 Å². The van der Waals surface area contributed by atoms with Crippen molar-refractivity contribution in [1.29, 1.82) is 0 Å². The van der Waals surface area contributed by atoms with Crippen molar-refractivity contribution in [3.8, 4) is 0 Å². The summed E-state index contributed by atoms with van der Waals surface area (Å²) in [7, 11) is 0. The molecule has 1 aliphatic carbocycles. The van der Waals surface area contributed by atoms with E-state index < -0.39 is 0 Å². The van der Waals surface area contributed by atoms with Crippen LogP contribution in [-0.2, 0) is 11.3 Å². The molecule has 0 bridgehead atoms. The third-order valence-electron chi connectivity index (χ3n) is 2.44. The molecule has 0 radical (unpaired) electrons. The van der Waals surface area contributed by atoms with Gasteiger partial charge in [-0.25, -0.2) is 4.98 Å². The van der Waals surface area contributed by atoms with Gasteiger partial charge >= 0.3 is 0 Å². The zero-order valence-corrected chi connectivity index (χ0v) is 8.31. The summed E-state index contributed by atoms with van der Waals surface area (Å²) in [6, 6.07) is 0.0179. The highest BCUT2D eigenvalue weighted by Crippen LogP contribution is 2.16. The maximum atomic E-state index is 11.6. The van der Waals surface area contributed by atoms with Crippen LogP contribution in [0.5, 0.6) is 0 Å². The molecule has 2 rings (SSSR count). The Bertz CT molecular complexity index is 358. The molecule has 0 aliphatic heterocycles. The van der Waals surface area contributed by atoms with E-state index in [1.807, 2.05) is 12.2 Å². The van der Waals surface area contributed by atoms with Crippen molar-refractivity contribution in [2.24, 2.45) is 11.7 Å². The predicted octanol–water partition coefficient (Wildman–Crippen LogP) is -0.0707. The summed E-state index contributed by atoms with van der Waals surface area (Å²) in [5, 5.41) is 2.81. The second-order valence-corrected chi connectivity index (χ2v) is 3.64. The van der Waals surface area contributed by atoms with Gasteiger partial charge < -0.3 is 16.0 Å². The van der Waals surface area contributed by atoms with Gasteiger partial charge in [-0.15, -0.1) is 0 Å². The summed E-state index contributed by atoms with van der Waals surface area (Å²) in [4.78, 5) is 18.6. The molecule has 5 nitrogen and oxygen atoms in total. The molecule has 0 saturated heterocycles. The van der Waals surface area contributed by atoms with Gasteiger partial charge in [0.25, 0.3) is 0 Å². The fraction of sp³-hybridized carbons (Fsp3) is 0.400. The Hall–Kier alpha value is -1.62. The summed E-state index contributed by atoms with van der Waals surface area (Å²) in [6.07, 6.45) is 7.82. The van der Waals surface area contributed by atoms with Gasteiger partial charge in [0, 0.05) is 18.4 Å². The largest absolute Gasteiger partial charge is 0.348 e. The zero-order valence-electron chi connectivity index (χ0n) is 8.31. The molecule has 4 N–H and O–H groups in total. The number of nitrogens with zero attached hydrogens (tertiary/aromatic N) is 1. The molecule has 2 unspecified atom stereocenters. The summed E-state index contributed by atoms with van der Waals surface area (Å²) in [5.74, 6) is 0.681. The minimum Gasteiger partial charge on any atom is -0.348 e. The molecule has 0 aromatic carbocycles. The first kappa shape index (κ1) is 9.92. The molecular formula is C10H14N4O. The van der Waals surface area contributed by atoms with E-state index in [2.05, 4.69) is 15.3 Å². The number of nitrogens with two attached hydrogens (primary N) is 1. The summed E-state index contributed by atoms with van der Waals surface area (Å²) < 4.78 is 0. The topological polar surface area (TPSA) is 83.8 Å². The lowest BCUT2D eigenvalue weighted by Crippen LogP contribution is -2.30. The number of hydrogen-bond donors (Lipinski definition) is 3. The number of H-pyrrole nitrogens is 1. The molecule has 1 heterocycles. The summed E-state index contributed by atoms with van der Waals surface area (Å²) in [5.41, 5.74) is 5.67. The second kappa shape index (κ2) is 4.27. The second-order valence-electron chi connectivity index (χ2n) is 3.64. The van der Waals surface area contributed by atoms with Crippen LogP contribution in [-0.4, -0.2) is 21.9 Å². The van der Waals surface area contributed by atoms with Crippen molar-refractivity contribution in [1.82, 2.24) is 15.3 Å². The lowest BCUT2D eigenvalue weighted by molar-refractivity contribution is -0.123. The van der Waals surface area contributed by atoms with Crippen molar-refractivity contribution >= 4 is 5.91 Å². The van der Waals surface area contributed by atoms with Gasteiger partial charge in [0.1, 0.15) is 5.82 Å². The van der Waals surface area contributed by atoms with Crippen LogP contribution in [0.2, 0.25) is 0 Å². The molecule has 0 fully saturated rings. The Morgan fingerprint density at radius 2 is 2.53 bits per heavy atom. The van der Waals surface area contributed by atoms with E-state index in [1.165, 1.54) is 0 Å². The van der Waals surface area contributed by atoms with E-state index in [9.17, 15) is 4.79 Å². The fourth-order valence-electron chi connectivity index (χ4n) is 1.62.